The van der Waals surface area contributed by atoms with Crippen LogP contribution in [0.3, 0.4) is 0 Å². The van der Waals surface area contributed by atoms with Crippen LogP contribution in [0.25, 0.3) is 33.1 Å². The molecule has 0 aromatic heterocycles. The molecule has 0 N–H and O–H groups in total. The summed E-state index contributed by atoms with van der Waals surface area (Å²) in [4.78, 5) is 0.0503. The average Bonchev–Trinajstić information content (AvgIpc) is 3.72. The van der Waals surface area contributed by atoms with Crippen LogP contribution in [0.4, 0.5) is 17.6 Å². The van der Waals surface area contributed by atoms with Gasteiger partial charge in [-0.2, -0.15) is 0 Å². The Morgan fingerprint density at radius 1 is 0.380 bits per heavy atom. The Morgan fingerprint density at radius 2 is 0.740 bits per heavy atom. The van der Waals surface area contributed by atoms with Crippen LogP contribution in [0.2, 0.25) is 0 Å². The molecule has 0 amide bonds. The van der Waals surface area contributed by atoms with Gasteiger partial charge in [0, 0.05) is 45.6 Å². The molecule has 4 nitrogen and oxygen atoms in total. The zero-order chi connectivity index (χ0) is 34.4. The summed E-state index contributed by atoms with van der Waals surface area (Å²) in [6.07, 6.45) is 0. The summed E-state index contributed by atoms with van der Waals surface area (Å²) in [5.74, 6) is -3.47. The summed E-state index contributed by atoms with van der Waals surface area (Å²) in [5.41, 5.74) is 3.11. The monoisotopic (exact) mass is 702 g/mol. The summed E-state index contributed by atoms with van der Waals surface area (Å²) in [5, 5.41) is 2.05. The SMILES string of the molecule is O=S1(=O)C2=C(c3ccccc31)c1cc3cc4c(cc3cc1=C2c1cc(F)cc(F)c1)C1=C(C=4c2cc(F)cc(F)c2)S(=O)(=O)c2ccccc21. The Morgan fingerprint density at radius 3 is 1.12 bits per heavy atom. The minimum absolute atomic E-state index is 0.0511. The van der Waals surface area contributed by atoms with Gasteiger partial charge in [-0.25, -0.2) is 34.4 Å². The average molecular weight is 703 g/mol. The minimum atomic E-state index is -4.11. The highest BCUT2D eigenvalue weighted by Crippen LogP contribution is 2.52. The van der Waals surface area contributed by atoms with E-state index in [1.54, 1.807) is 60.7 Å². The lowest BCUT2D eigenvalue weighted by atomic mass is 9.93. The first-order chi connectivity index (χ1) is 23.9. The van der Waals surface area contributed by atoms with Gasteiger partial charge in [0.2, 0.25) is 19.7 Å². The van der Waals surface area contributed by atoms with Crippen LogP contribution < -0.4 is 10.4 Å². The van der Waals surface area contributed by atoms with Gasteiger partial charge in [-0.05, 0) is 104 Å². The van der Waals surface area contributed by atoms with Crippen molar-refractivity contribution >= 4 is 52.7 Å². The van der Waals surface area contributed by atoms with Gasteiger partial charge in [0.15, 0.2) is 0 Å². The number of hydrogen-bond donors (Lipinski definition) is 0. The molecule has 6 aromatic carbocycles. The zero-order valence-electron chi connectivity index (χ0n) is 25.4. The molecular formula is C40H18F4O4S2. The second-order valence-corrected chi connectivity index (χ2v) is 16.3. The van der Waals surface area contributed by atoms with Crippen LogP contribution in [-0.4, -0.2) is 16.8 Å². The number of hydrogen-bond acceptors (Lipinski definition) is 4. The molecular weight excluding hydrogens is 685 g/mol. The summed E-state index contributed by atoms with van der Waals surface area (Å²) >= 11 is 0. The van der Waals surface area contributed by atoms with Crippen molar-refractivity contribution in [2.45, 2.75) is 9.79 Å². The van der Waals surface area contributed by atoms with E-state index in [1.807, 2.05) is 0 Å². The molecule has 242 valence electrons. The first-order valence-electron chi connectivity index (χ1n) is 15.4. The van der Waals surface area contributed by atoms with Gasteiger partial charge in [-0.3, -0.25) is 0 Å². The van der Waals surface area contributed by atoms with Gasteiger partial charge in [0.05, 0.1) is 19.6 Å². The maximum absolute atomic E-state index is 14.7. The van der Waals surface area contributed by atoms with E-state index < -0.39 is 42.9 Å². The predicted molar refractivity (Wildman–Crippen MR) is 180 cm³/mol. The van der Waals surface area contributed by atoms with Crippen molar-refractivity contribution in [2.24, 2.45) is 0 Å². The first kappa shape index (κ1) is 29.3. The molecule has 0 spiro atoms. The fraction of sp³-hybridized carbons (Fsp3) is 0. The van der Waals surface area contributed by atoms with Crippen molar-refractivity contribution in [3.8, 4) is 0 Å². The van der Waals surface area contributed by atoms with Crippen molar-refractivity contribution in [2.75, 3.05) is 0 Å². The fourth-order valence-corrected chi connectivity index (χ4v) is 11.8. The molecule has 0 bridgehead atoms. The lowest BCUT2D eigenvalue weighted by Gasteiger charge is -2.12. The summed E-state index contributed by atoms with van der Waals surface area (Å²) in [7, 11) is -8.21. The summed E-state index contributed by atoms with van der Waals surface area (Å²) in [6, 6.07) is 25.8. The Hall–Kier alpha value is -5.58. The number of benzene rings is 6. The number of fused-ring (bicyclic) bond motifs is 9. The molecule has 0 radical (unpaired) electrons. The Bertz CT molecular complexity index is 2850. The van der Waals surface area contributed by atoms with E-state index in [1.165, 1.54) is 12.1 Å². The van der Waals surface area contributed by atoms with Crippen LogP contribution in [0.5, 0.6) is 0 Å². The maximum atomic E-state index is 14.7. The van der Waals surface area contributed by atoms with Crippen LogP contribution in [0.15, 0.2) is 129 Å². The standard InChI is InChI=1S/C40H18F4O4S2/c41-23-9-21(10-24(42)17-23)35-29-13-20-16-32-30(14-19(20)15-31(29)37-27-5-1-3-7-33(27)49(45,46)39(35)37)36(22-11-25(43)18-26(44)12-22)40-38(32)28-6-2-4-8-34(28)50(40,47)48/h1-18H. The second-order valence-electron chi connectivity index (χ2n) is 12.6. The Balaban J connectivity index is 1.35. The Labute approximate surface area is 282 Å². The van der Waals surface area contributed by atoms with Gasteiger partial charge in [-0.15, -0.1) is 0 Å². The third-order valence-electron chi connectivity index (χ3n) is 9.83. The lowest BCUT2D eigenvalue weighted by Crippen LogP contribution is -2.15. The van der Waals surface area contributed by atoms with E-state index in [0.29, 0.717) is 66.7 Å². The summed E-state index contributed by atoms with van der Waals surface area (Å²) in [6.45, 7) is 0. The minimum Gasteiger partial charge on any atom is -0.218 e. The third-order valence-corrected chi connectivity index (χ3v) is 13.6. The smallest absolute Gasteiger partial charge is 0.208 e. The van der Waals surface area contributed by atoms with Gasteiger partial charge < -0.3 is 0 Å². The van der Waals surface area contributed by atoms with E-state index in [9.17, 15) is 34.4 Å². The molecule has 2 aliphatic carbocycles. The third kappa shape index (κ3) is 3.69. The van der Waals surface area contributed by atoms with E-state index in [0.717, 1.165) is 24.3 Å². The van der Waals surface area contributed by atoms with Crippen molar-refractivity contribution in [3.63, 3.8) is 0 Å². The van der Waals surface area contributed by atoms with Crippen LogP contribution in [0.1, 0.15) is 33.4 Å². The highest BCUT2D eigenvalue weighted by atomic mass is 32.2. The maximum Gasteiger partial charge on any atom is 0.208 e. The van der Waals surface area contributed by atoms with Crippen molar-refractivity contribution < 1.29 is 34.4 Å². The molecule has 2 aliphatic heterocycles. The van der Waals surface area contributed by atoms with E-state index in [2.05, 4.69) is 0 Å². The zero-order valence-corrected chi connectivity index (χ0v) is 27.0. The van der Waals surface area contributed by atoms with Crippen molar-refractivity contribution in [3.05, 3.63) is 186 Å². The topological polar surface area (TPSA) is 68.3 Å². The van der Waals surface area contributed by atoms with Gasteiger partial charge in [-0.1, -0.05) is 36.4 Å². The van der Waals surface area contributed by atoms with Gasteiger partial charge >= 0.3 is 0 Å². The van der Waals surface area contributed by atoms with E-state index in [4.69, 9.17) is 0 Å². The van der Waals surface area contributed by atoms with Gasteiger partial charge in [0.1, 0.15) is 23.3 Å². The van der Waals surface area contributed by atoms with E-state index >= 15 is 0 Å². The largest absolute Gasteiger partial charge is 0.218 e. The van der Waals surface area contributed by atoms with Crippen LogP contribution in [0, 0.1) is 23.3 Å². The highest BCUT2D eigenvalue weighted by molar-refractivity contribution is 7.97. The Kier molecular flexibility index (Phi) is 5.61. The molecule has 4 aliphatic rings. The molecule has 2 heterocycles. The second kappa shape index (κ2) is 9.56. The summed E-state index contributed by atoms with van der Waals surface area (Å²) < 4.78 is 115. The molecule has 10 rings (SSSR count). The van der Waals surface area contributed by atoms with Gasteiger partial charge in [0.25, 0.3) is 0 Å². The number of allylic oxidation sites excluding steroid dienone is 2. The molecule has 0 saturated heterocycles. The number of rotatable bonds is 2. The normalized spacial score (nSPS) is 17.2. The highest BCUT2D eigenvalue weighted by Gasteiger charge is 2.44. The van der Waals surface area contributed by atoms with Crippen LogP contribution in [-0.2, 0) is 19.7 Å². The van der Waals surface area contributed by atoms with Crippen molar-refractivity contribution in [1.82, 2.24) is 0 Å². The molecule has 50 heavy (non-hydrogen) atoms. The number of sulfone groups is 2. The molecule has 0 unspecified atom stereocenters. The molecule has 0 saturated carbocycles. The fourth-order valence-electron chi connectivity index (χ4n) is 7.99. The molecule has 10 heteroatoms. The molecule has 0 fully saturated rings. The van der Waals surface area contributed by atoms with Crippen molar-refractivity contribution in [1.29, 1.82) is 0 Å². The number of halogens is 4. The predicted octanol–water partition coefficient (Wildman–Crippen LogP) is 6.91. The molecule has 6 aromatic rings. The quantitative estimate of drug-likeness (QED) is 0.184. The van der Waals surface area contributed by atoms with E-state index in [-0.39, 0.29) is 41.9 Å². The van der Waals surface area contributed by atoms with Crippen LogP contribution >= 0.6 is 0 Å². The molecule has 0 atom stereocenters. The first-order valence-corrected chi connectivity index (χ1v) is 18.4. The lowest BCUT2D eigenvalue weighted by molar-refractivity contribution is 0.581.